The molecule has 2 aromatic rings. The molecule has 164 valence electrons. The van der Waals surface area contributed by atoms with Crippen molar-refractivity contribution in [2.45, 2.75) is 52.9 Å². The van der Waals surface area contributed by atoms with Crippen LogP contribution >= 0.6 is 0 Å². The summed E-state index contributed by atoms with van der Waals surface area (Å²) in [5.74, 6) is 1.43. The largest absolute Gasteiger partial charge is 0.494 e. The maximum absolute atomic E-state index is 12.5. The van der Waals surface area contributed by atoms with Gasteiger partial charge >= 0.3 is 6.09 Å². The molecule has 2 aromatic heterocycles. The molecule has 1 aliphatic rings. The van der Waals surface area contributed by atoms with Crippen LogP contribution in [0.3, 0.4) is 0 Å². The van der Waals surface area contributed by atoms with Crippen LogP contribution in [0.1, 0.15) is 39.1 Å². The number of β-amino-alcohol motifs (C(OH)–C–C–N with tert-alkyl or cyclic N) is 1. The Morgan fingerprint density at radius 3 is 2.37 bits per heavy atom. The zero-order chi connectivity index (χ0) is 22.3. The zero-order valence-corrected chi connectivity index (χ0v) is 18.9. The van der Waals surface area contributed by atoms with Gasteiger partial charge in [-0.2, -0.15) is 0 Å². The van der Waals surface area contributed by atoms with Crippen LogP contribution in [0.2, 0.25) is 0 Å². The number of aryl methyl sites for hydroxylation is 2. The van der Waals surface area contributed by atoms with E-state index >= 15 is 0 Å². The van der Waals surface area contributed by atoms with Crippen LogP contribution in [0.5, 0.6) is 5.75 Å². The number of aromatic nitrogens is 2. The van der Waals surface area contributed by atoms with Gasteiger partial charge in [0, 0.05) is 30.5 Å². The number of amides is 1. The first-order chi connectivity index (χ1) is 13.9. The second kappa shape index (κ2) is 7.83. The Hall–Kier alpha value is -2.74. The van der Waals surface area contributed by atoms with Crippen molar-refractivity contribution in [3.05, 3.63) is 35.8 Å². The molecule has 1 saturated heterocycles. The quantitative estimate of drug-likeness (QED) is 0.827. The Labute approximate surface area is 178 Å². The van der Waals surface area contributed by atoms with Crippen molar-refractivity contribution in [1.29, 1.82) is 0 Å². The molecule has 30 heavy (non-hydrogen) atoms. The fourth-order valence-electron chi connectivity index (χ4n) is 3.77. The summed E-state index contributed by atoms with van der Waals surface area (Å²) >= 11 is 0. The predicted octanol–water partition coefficient (Wildman–Crippen LogP) is 3.26. The molecule has 0 bridgehead atoms. The van der Waals surface area contributed by atoms with Gasteiger partial charge in [-0.15, -0.1) is 0 Å². The lowest BCUT2D eigenvalue weighted by atomic mass is 10.1. The van der Waals surface area contributed by atoms with E-state index in [1.807, 2.05) is 57.7 Å². The first-order valence-corrected chi connectivity index (χ1v) is 10.1. The van der Waals surface area contributed by atoms with Gasteiger partial charge in [-0.25, -0.2) is 9.78 Å². The average molecular weight is 417 g/mol. The molecule has 3 rings (SSSR count). The summed E-state index contributed by atoms with van der Waals surface area (Å²) in [5.41, 5.74) is 0.931. The van der Waals surface area contributed by atoms with Crippen molar-refractivity contribution in [2.75, 3.05) is 31.6 Å². The lowest BCUT2D eigenvalue weighted by Gasteiger charge is -2.46. The zero-order valence-electron chi connectivity index (χ0n) is 18.9. The molecule has 8 heteroatoms. The lowest BCUT2D eigenvalue weighted by molar-refractivity contribution is -0.0976. The molecule has 0 radical (unpaired) electrons. The molecule has 1 N–H and O–H groups in total. The molecule has 0 spiro atoms. The van der Waals surface area contributed by atoms with E-state index in [4.69, 9.17) is 9.47 Å². The van der Waals surface area contributed by atoms with Crippen molar-refractivity contribution in [1.82, 2.24) is 14.5 Å². The van der Waals surface area contributed by atoms with Crippen molar-refractivity contribution < 1.29 is 19.4 Å². The van der Waals surface area contributed by atoms with Gasteiger partial charge in [0.1, 0.15) is 17.2 Å². The fourth-order valence-corrected chi connectivity index (χ4v) is 3.77. The smallest absolute Gasteiger partial charge is 0.412 e. The molecule has 8 nitrogen and oxygen atoms in total. The Morgan fingerprint density at radius 2 is 1.83 bits per heavy atom. The summed E-state index contributed by atoms with van der Waals surface area (Å²) < 4.78 is 13.1. The van der Waals surface area contributed by atoms with Crippen LogP contribution in [-0.4, -0.2) is 63.7 Å². The number of methoxy groups -OCH3 is 1. The van der Waals surface area contributed by atoms with Crippen LogP contribution in [0.25, 0.3) is 5.82 Å². The Balaban J connectivity index is 1.84. The van der Waals surface area contributed by atoms with E-state index in [0.717, 1.165) is 22.9 Å². The highest BCUT2D eigenvalue weighted by molar-refractivity contribution is 5.70. The molecule has 0 saturated carbocycles. The number of anilines is 1. The second-order valence-corrected chi connectivity index (χ2v) is 8.94. The summed E-state index contributed by atoms with van der Waals surface area (Å²) in [4.78, 5) is 20.5. The third-order valence-corrected chi connectivity index (χ3v) is 5.17. The molecular formula is C22H32N4O4. The first kappa shape index (κ1) is 22.0. The van der Waals surface area contributed by atoms with Crippen molar-refractivity contribution >= 4 is 11.8 Å². The van der Waals surface area contributed by atoms with Crippen molar-refractivity contribution in [2.24, 2.45) is 0 Å². The summed E-state index contributed by atoms with van der Waals surface area (Å²) in [6.07, 6.45) is 1.23. The highest BCUT2D eigenvalue weighted by Gasteiger charge is 2.41. The van der Waals surface area contributed by atoms with E-state index in [-0.39, 0.29) is 6.54 Å². The van der Waals surface area contributed by atoms with E-state index in [9.17, 15) is 9.90 Å². The van der Waals surface area contributed by atoms with E-state index in [1.165, 1.54) is 4.90 Å². The molecule has 0 aliphatic carbocycles. The molecule has 0 unspecified atom stereocenters. The summed E-state index contributed by atoms with van der Waals surface area (Å²) in [6.45, 7) is 12.2. The molecule has 1 aliphatic heterocycles. The van der Waals surface area contributed by atoms with Crippen molar-refractivity contribution in [3.63, 3.8) is 0 Å². The van der Waals surface area contributed by atoms with E-state index in [1.54, 1.807) is 20.2 Å². The molecule has 3 heterocycles. The fraction of sp³-hybridized carbons (Fsp3) is 0.545. The van der Waals surface area contributed by atoms with Crippen LogP contribution < -0.4 is 9.64 Å². The summed E-state index contributed by atoms with van der Waals surface area (Å²) in [7, 11) is 1.62. The number of ether oxygens (including phenoxy) is 2. The van der Waals surface area contributed by atoms with Crippen LogP contribution in [0.15, 0.2) is 24.4 Å². The van der Waals surface area contributed by atoms with Crippen molar-refractivity contribution in [3.8, 4) is 11.6 Å². The molecule has 0 aromatic carbocycles. The van der Waals surface area contributed by atoms with Gasteiger partial charge in [-0.1, -0.05) is 0 Å². The number of hydrogen-bond acceptors (Lipinski definition) is 6. The second-order valence-electron chi connectivity index (χ2n) is 8.94. The topological polar surface area (TPSA) is 80.1 Å². The minimum atomic E-state index is -1.39. The predicted molar refractivity (Wildman–Crippen MR) is 115 cm³/mol. The Bertz CT molecular complexity index is 910. The van der Waals surface area contributed by atoms with Gasteiger partial charge in [0.25, 0.3) is 0 Å². The van der Waals surface area contributed by atoms with Gasteiger partial charge in [0.15, 0.2) is 5.72 Å². The highest BCUT2D eigenvalue weighted by Crippen LogP contribution is 2.33. The number of hydrogen-bond donors (Lipinski definition) is 1. The van der Waals surface area contributed by atoms with E-state index in [0.29, 0.717) is 18.8 Å². The normalized spacial score (nSPS) is 19.7. The van der Waals surface area contributed by atoms with E-state index in [2.05, 4.69) is 9.55 Å². The first-order valence-electron chi connectivity index (χ1n) is 10.1. The molecule has 1 amide bonds. The number of aliphatic hydroxyl groups is 1. The Kier molecular flexibility index (Phi) is 5.73. The van der Waals surface area contributed by atoms with Gasteiger partial charge < -0.3 is 24.0 Å². The van der Waals surface area contributed by atoms with E-state index < -0.39 is 17.4 Å². The average Bonchev–Trinajstić information content (AvgIpc) is 2.97. The minimum absolute atomic E-state index is 0.213. The van der Waals surface area contributed by atoms with Crippen LogP contribution in [-0.2, 0) is 4.74 Å². The molecule has 1 fully saturated rings. The minimum Gasteiger partial charge on any atom is -0.494 e. The van der Waals surface area contributed by atoms with Gasteiger partial charge in [-0.3, -0.25) is 4.90 Å². The number of rotatable bonds is 3. The monoisotopic (exact) mass is 416 g/mol. The lowest BCUT2D eigenvalue weighted by Crippen LogP contribution is -2.63. The SMILES string of the molecule is COc1cc(-n2c(C)ccc2C)ncc1N1CCN(C(=O)OC(C)(C)C)[C@](C)(O)C1. The number of carbonyl (C=O) groups is 1. The maximum atomic E-state index is 12.5. The maximum Gasteiger partial charge on any atom is 0.412 e. The third-order valence-electron chi connectivity index (χ3n) is 5.17. The standard InChI is InChI=1S/C22H32N4O4/c1-15-8-9-16(2)26(15)19-12-18(29-7)17(13-23-19)24-10-11-25(22(6,28)14-24)20(27)30-21(3,4)5/h8-9,12-13,28H,10-11,14H2,1-7H3/t22-/m1/s1. The third kappa shape index (κ3) is 4.38. The highest BCUT2D eigenvalue weighted by atomic mass is 16.6. The number of pyridine rings is 1. The number of carbonyl (C=O) groups excluding carboxylic acids is 1. The molecular weight excluding hydrogens is 384 g/mol. The van der Waals surface area contributed by atoms with Gasteiger partial charge in [-0.05, 0) is 53.7 Å². The Morgan fingerprint density at radius 1 is 1.20 bits per heavy atom. The number of piperazine rings is 1. The summed E-state index contributed by atoms with van der Waals surface area (Å²) in [5, 5.41) is 11.0. The van der Waals surface area contributed by atoms with Crippen LogP contribution in [0.4, 0.5) is 10.5 Å². The van der Waals surface area contributed by atoms with Crippen LogP contribution in [0, 0.1) is 13.8 Å². The molecule has 1 atom stereocenters. The van der Waals surface area contributed by atoms with Gasteiger partial charge in [0.05, 0.1) is 25.5 Å². The number of nitrogens with zero attached hydrogens (tertiary/aromatic N) is 4. The van der Waals surface area contributed by atoms with Gasteiger partial charge in [0.2, 0.25) is 0 Å². The summed E-state index contributed by atoms with van der Waals surface area (Å²) in [6, 6.07) is 5.99.